The van der Waals surface area contributed by atoms with Crippen molar-refractivity contribution in [3.8, 4) is 0 Å². The number of nitrogens with zero attached hydrogens (tertiary/aromatic N) is 1. The van der Waals surface area contributed by atoms with E-state index in [0.717, 1.165) is 18.4 Å². The lowest BCUT2D eigenvalue weighted by molar-refractivity contribution is -0.160. The summed E-state index contributed by atoms with van der Waals surface area (Å²) in [6.45, 7) is 6.02. The zero-order valence-corrected chi connectivity index (χ0v) is 20.3. The monoisotopic (exact) mass is 472 g/mol. The minimum atomic E-state index is -1.11. The number of hydrogen-bond donors (Lipinski definition) is 2. The highest BCUT2D eigenvalue weighted by molar-refractivity contribution is 5.98. The van der Waals surface area contributed by atoms with Gasteiger partial charge in [0, 0.05) is 6.54 Å². The number of aliphatic hydroxyl groups is 1. The highest BCUT2D eigenvalue weighted by Crippen LogP contribution is 2.63. The molecule has 0 aliphatic carbocycles. The summed E-state index contributed by atoms with van der Waals surface area (Å²) in [7, 11) is 0. The average Bonchev–Trinajstić information content (AvgIpc) is 3.39. The minimum Gasteiger partial charge on any atom is -0.466 e. The van der Waals surface area contributed by atoms with E-state index >= 15 is 0 Å². The fraction of sp³-hybridized carbons (Fsp3) is 0.654. The Hall–Kier alpha value is -2.45. The number of fused-ring (bicyclic) bond motifs is 1. The van der Waals surface area contributed by atoms with E-state index in [-0.39, 0.29) is 25.0 Å². The number of ether oxygens (including phenoxy) is 2. The van der Waals surface area contributed by atoms with Gasteiger partial charge in [0.25, 0.3) is 0 Å². The molecule has 1 spiro atoms. The molecule has 34 heavy (non-hydrogen) atoms. The van der Waals surface area contributed by atoms with E-state index in [2.05, 4.69) is 5.32 Å². The molecule has 1 aromatic carbocycles. The van der Waals surface area contributed by atoms with E-state index in [1.807, 2.05) is 44.2 Å². The van der Waals surface area contributed by atoms with Crippen molar-refractivity contribution in [2.24, 2.45) is 11.8 Å². The van der Waals surface area contributed by atoms with E-state index in [1.54, 1.807) is 6.92 Å². The number of likely N-dealkylation sites (tertiary alicyclic amines) is 1. The van der Waals surface area contributed by atoms with Crippen LogP contribution in [-0.4, -0.2) is 70.8 Å². The lowest BCUT2D eigenvalue weighted by Gasteiger charge is -2.37. The maximum Gasteiger partial charge on any atom is 0.312 e. The third kappa shape index (κ3) is 3.90. The van der Waals surface area contributed by atoms with Gasteiger partial charge in [-0.15, -0.1) is 0 Å². The molecule has 3 aliphatic heterocycles. The van der Waals surface area contributed by atoms with Crippen LogP contribution in [0.1, 0.15) is 52.0 Å². The Morgan fingerprint density at radius 3 is 2.65 bits per heavy atom. The Morgan fingerprint density at radius 1 is 1.26 bits per heavy atom. The summed E-state index contributed by atoms with van der Waals surface area (Å²) in [6.07, 6.45) is 3.21. The second kappa shape index (κ2) is 9.66. The van der Waals surface area contributed by atoms with Gasteiger partial charge in [0.2, 0.25) is 11.8 Å². The summed E-state index contributed by atoms with van der Waals surface area (Å²) in [5.41, 5.74) is -1.01. The van der Waals surface area contributed by atoms with Gasteiger partial charge in [-0.05, 0) is 45.1 Å². The maximum absolute atomic E-state index is 14.0. The number of esters is 1. The first-order chi connectivity index (χ1) is 16.3. The van der Waals surface area contributed by atoms with Crippen molar-refractivity contribution in [2.75, 3.05) is 19.8 Å². The van der Waals surface area contributed by atoms with Gasteiger partial charge < -0.3 is 24.8 Å². The Bertz CT molecular complexity index is 923. The summed E-state index contributed by atoms with van der Waals surface area (Å²) >= 11 is 0. The fourth-order valence-electron chi connectivity index (χ4n) is 6.27. The first-order valence-electron chi connectivity index (χ1n) is 12.4. The molecule has 4 rings (SSSR count). The molecule has 3 aliphatic rings. The fourth-order valence-corrected chi connectivity index (χ4v) is 6.27. The Balaban J connectivity index is 1.73. The van der Waals surface area contributed by atoms with Gasteiger partial charge in [0.15, 0.2) is 0 Å². The molecule has 3 saturated heterocycles. The lowest BCUT2D eigenvalue weighted by Crippen LogP contribution is -2.58. The van der Waals surface area contributed by atoms with Crippen LogP contribution in [0.5, 0.6) is 0 Å². The van der Waals surface area contributed by atoms with E-state index in [0.29, 0.717) is 25.8 Å². The zero-order chi connectivity index (χ0) is 24.5. The normalized spacial score (nSPS) is 32.5. The highest BCUT2D eigenvalue weighted by atomic mass is 16.6. The van der Waals surface area contributed by atoms with E-state index in [9.17, 15) is 19.5 Å². The number of aliphatic hydroxyl groups excluding tert-OH is 1. The first-order valence-corrected chi connectivity index (χ1v) is 12.4. The van der Waals surface area contributed by atoms with Crippen LogP contribution < -0.4 is 5.32 Å². The predicted octanol–water partition coefficient (Wildman–Crippen LogP) is 1.83. The number of rotatable bonds is 10. The standard InChI is InChI=1S/C26H36N2O6/c1-4-6-14-27-22(30)21-26-13-12-25(3,34-26)20(24(32)33-5-2)19(26)23(31)28(21)18(16-29)15-17-10-8-7-9-11-17/h7-11,18-21,29H,4-6,12-16H2,1-3H3,(H,27,30)/t18-,19+,20-,21?,25+,26?/m1/s1. The van der Waals surface area contributed by atoms with Gasteiger partial charge in [-0.1, -0.05) is 43.7 Å². The molecule has 2 bridgehead atoms. The van der Waals surface area contributed by atoms with E-state index in [4.69, 9.17) is 9.47 Å². The van der Waals surface area contributed by atoms with Crippen molar-refractivity contribution in [3.63, 3.8) is 0 Å². The second-order valence-electron chi connectivity index (χ2n) is 9.90. The SMILES string of the molecule is CCCCNC(=O)C1N([C@@H](CO)Cc2ccccc2)C(=O)[C@@H]2[C@H](C(=O)OCC)[C@]3(C)CCC12O3. The van der Waals surface area contributed by atoms with Crippen molar-refractivity contribution in [2.45, 2.75) is 76.2 Å². The Labute approximate surface area is 201 Å². The molecule has 8 heteroatoms. The molecule has 2 amide bonds. The molecule has 186 valence electrons. The van der Waals surface area contributed by atoms with Crippen molar-refractivity contribution >= 4 is 17.8 Å². The number of nitrogens with one attached hydrogen (secondary N) is 1. The number of hydrogen-bond acceptors (Lipinski definition) is 6. The van der Waals surface area contributed by atoms with Crippen LogP contribution in [-0.2, 0) is 30.3 Å². The number of carbonyl (C=O) groups is 3. The molecule has 3 fully saturated rings. The molecule has 6 atom stereocenters. The van der Waals surface area contributed by atoms with Gasteiger partial charge in [-0.3, -0.25) is 14.4 Å². The summed E-state index contributed by atoms with van der Waals surface area (Å²) in [5, 5.41) is 13.3. The average molecular weight is 473 g/mol. The Morgan fingerprint density at radius 2 is 2.00 bits per heavy atom. The van der Waals surface area contributed by atoms with E-state index in [1.165, 1.54) is 4.90 Å². The molecule has 0 aromatic heterocycles. The van der Waals surface area contributed by atoms with Crippen LogP contribution in [0, 0.1) is 11.8 Å². The molecular weight excluding hydrogens is 436 g/mol. The number of carbonyl (C=O) groups excluding carboxylic acids is 3. The molecule has 0 radical (unpaired) electrons. The molecule has 1 aromatic rings. The zero-order valence-electron chi connectivity index (χ0n) is 20.3. The van der Waals surface area contributed by atoms with Gasteiger partial charge >= 0.3 is 5.97 Å². The maximum atomic E-state index is 14.0. The molecule has 8 nitrogen and oxygen atoms in total. The lowest BCUT2D eigenvalue weighted by atomic mass is 9.66. The summed E-state index contributed by atoms with van der Waals surface area (Å²) in [6, 6.07) is 8.05. The van der Waals surface area contributed by atoms with Crippen LogP contribution in [0.4, 0.5) is 0 Å². The number of unbranched alkanes of at least 4 members (excludes halogenated alkanes) is 1. The van der Waals surface area contributed by atoms with Crippen LogP contribution >= 0.6 is 0 Å². The smallest absolute Gasteiger partial charge is 0.312 e. The highest BCUT2D eigenvalue weighted by Gasteiger charge is 2.78. The van der Waals surface area contributed by atoms with Gasteiger partial charge in [-0.25, -0.2) is 0 Å². The second-order valence-corrected chi connectivity index (χ2v) is 9.90. The summed E-state index contributed by atoms with van der Waals surface area (Å²) < 4.78 is 11.9. The van der Waals surface area contributed by atoms with Crippen molar-refractivity contribution in [1.29, 1.82) is 0 Å². The topological polar surface area (TPSA) is 105 Å². The van der Waals surface area contributed by atoms with Crippen LogP contribution in [0.25, 0.3) is 0 Å². The number of benzene rings is 1. The third-order valence-corrected chi connectivity index (χ3v) is 7.75. The van der Waals surface area contributed by atoms with Gasteiger partial charge in [0.1, 0.15) is 17.6 Å². The predicted molar refractivity (Wildman–Crippen MR) is 125 cm³/mol. The quantitative estimate of drug-likeness (QED) is 0.398. The van der Waals surface area contributed by atoms with E-state index < -0.39 is 41.1 Å². The first kappa shape index (κ1) is 24.7. The molecule has 0 saturated carbocycles. The molecule has 3 heterocycles. The molecular formula is C26H36N2O6. The third-order valence-electron chi connectivity index (χ3n) is 7.75. The van der Waals surface area contributed by atoms with Crippen LogP contribution in [0.2, 0.25) is 0 Å². The molecule has 2 N–H and O–H groups in total. The number of amides is 2. The van der Waals surface area contributed by atoms with Gasteiger partial charge in [0.05, 0.1) is 30.8 Å². The largest absolute Gasteiger partial charge is 0.466 e. The van der Waals surface area contributed by atoms with Crippen molar-refractivity contribution < 1.29 is 29.0 Å². The summed E-state index contributed by atoms with van der Waals surface area (Å²) in [5.74, 6) is -2.64. The van der Waals surface area contributed by atoms with Crippen molar-refractivity contribution in [3.05, 3.63) is 35.9 Å². The minimum absolute atomic E-state index is 0.206. The van der Waals surface area contributed by atoms with Crippen molar-refractivity contribution in [1.82, 2.24) is 10.2 Å². The summed E-state index contributed by atoms with van der Waals surface area (Å²) in [4.78, 5) is 42.2. The van der Waals surface area contributed by atoms with Gasteiger partial charge in [-0.2, -0.15) is 0 Å². The van der Waals surface area contributed by atoms with Crippen LogP contribution in [0.3, 0.4) is 0 Å². The molecule has 2 unspecified atom stereocenters. The Kier molecular flexibility index (Phi) is 7.01. The van der Waals surface area contributed by atoms with Crippen LogP contribution in [0.15, 0.2) is 30.3 Å².